The molecule has 124 valence electrons. The number of aromatic nitrogens is 3. The van der Waals surface area contributed by atoms with E-state index in [-0.39, 0.29) is 12.1 Å². The van der Waals surface area contributed by atoms with Crippen molar-refractivity contribution in [3.63, 3.8) is 0 Å². The highest BCUT2D eigenvalue weighted by Crippen LogP contribution is 2.18. The maximum absolute atomic E-state index is 12.3. The van der Waals surface area contributed by atoms with E-state index >= 15 is 0 Å². The Hall–Kier alpha value is -2.89. The van der Waals surface area contributed by atoms with Gasteiger partial charge in [0.2, 0.25) is 0 Å². The first-order chi connectivity index (χ1) is 11.7. The third-order valence-corrected chi connectivity index (χ3v) is 3.84. The van der Waals surface area contributed by atoms with Gasteiger partial charge in [-0.2, -0.15) is 0 Å². The topological polar surface area (TPSA) is 71.3 Å². The molecule has 0 bridgehead atoms. The Morgan fingerprint density at radius 2 is 1.96 bits per heavy atom. The van der Waals surface area contributed by atoms with E-state index in [2.05, 4.69) is 27.8 Å². The average Bonchev–Trinajstić information content (AvgIpc) is 3.00. The maximum atomic E-state index is 12.3. The normalized spacial score (nSPS) is 12.1. The Morgan fingerprint density at radius 3 is 2.71 bits per heavy atom. The Kier molecular flexibility index (Phi) is 4.74. The molecule has 3 rings (SSSR count). The number of fused-ring (bicyclic) bond motifs is 1. The number of benzene rings is 1. The molecule has 2 aromatic heterocycles. The number of nitrogens with one attached hydrogen (secondary N) is 2. The second-order valence-electron chi connectivity index (χ2n) is 5.79. The molecule has 0 fully saturated rings. The number of amides is 2. The predicted octanol–water partition coefficient (Wildman–Crippen LogP) is 3.70. The third kappa shape index (κ3) is 3.53. The molecule has 0 radical (unpaired) electrons. The van der Waals surface area contributed by atoms with E-state index in [9.17, 15) is 4.79 Å². The van der Waals surface area contributed by atoms with Gasteiger partial charge >= 0.3 is 6.03 Å². The van der Waals surface area contributed by atoms with E-state index in [0.717, 1.165) is 35.6 Å². The van der Waals surface area contributed by atoms with Gasteiger partial charge < -0.3 is 10.6 Å². The quantitative estimate of drug-likeness (QED) is 0.752. The van der Waals surface area contributed by atoms with Crippen LogP contribution < -0.4 is 10.6 Å². The lowest BCUT2D eigenvalue weighted by Crippen LogP contribution is -2.33. The molecule has 2 heterocycles. The van der Waals surface area contributed by atoms with Crippen LogP contribution in [0, 0.1) is 6.92 Å². The minimum Gasteiger partial charge on any atom is -0.328 e. The minimum atomic E-state index is -0.245. The molecule has 6 heteroatoms. The average molecular weight is 323 g/mol. The van der Waals surface area contributed by atoms with Crippen LogP contribution in [0.3, 0.4) is 0 Å². The van der Waals surface area contributed by atoms with Gasteiger partial charge in [0, 0.05) is 11.9 Å². The summed E-state index contributed by atoms with van der Waals surface area (Å²) < 4.78 is 1.91. The number of urea groups is 1. The van der Waals surface area contributed by atoms with Crippen LogP contribution in [-0.2, 0) is 0 Å². The van der Waals surface area contributed by atoms with Gasteiger partial charge in [-0.15, -0.1) is 10.2 Å². The Morgan fingerprint density at radius 1 is 1.17 bits per heavy atom. The molecule has 1 aromatic carbocycles. The maximum Gasteiger partial charge on any atom is 0.319 e. The first kappa shape index (κ1) is 16.0. The molecular weight excluding hydrogens is 302 g/mol. The molecular formula is C18H21N5O. The van der Waals surface area contributed by atoms with Crippen LogP contribution in [0.25, 0.3) is 5.65 Å². The summed E-state index contributed by atoms with van der Waals surface area (Å²) in [5, 5.41) is 14.3. The summed E-state index contributed by atoms with van der Waals surface area (Å²) >= 11 is 0. The molecule has 3 aromatic rings. The number of hydrogen-bond donors (Lipinski definition) is 2. The second kappa shape index (κ2) is 7.12. The molecule has 24 heavy (non-hydrogen) atoms. The van der Waals surface area contributed by atoms with E-state index in [1.807, 2.05) is 60.0 Å². The number of nitrogens with zero attached hydrogens (tertiary/aromatic N) is 3. The minimum absolute atomic E-state index is 0.196. The van der Waals surface area contributed by atoms with Gasteiger partial charge in [0.05, 0.1) is 6.04 Å². The summed E-state index contributed by atoms with van der Waals surface area (Å²) in [7, 11) is 0. The molecule has 0 unspecified atom stereocenters. The van der Waals surface area contributed by atoms with Crippen molar-refractivity contribution in [3.05, 3.63) is 60.0 Å². The molecule has 6 nitrogen and oxygen atoms in total. The summed E-state index contributed by atoms with van der Waals surface area (Å²) in [6.45, 7) is 4.09. The van der Waals surface area contributed by atoms with Crippen LogP contribution in [0.1, 0.15) is 37.2 Å². The highest BCUT2D eigenvalue weighted by molar-refractivity contribution is 5.89. The monoisotopic (exact) mass is 323 g/mol. The van der Waals surface area contributed by atoms with Crippen molar-refractivity contribution in [3.8, 4) is 0 Å². The number of carbonyl (C=O) groups is 1. The molecule has 0 saturated carbocycles. The summed E-state index contributed by atoms with van der Waals surface area (Å²) in [4.78, 5) is 12.3. The number of rotatable bonds is 5. The van der Waals surface area contributed by atoms with Crippen molar-refractivity contribution < 1.29 is 4.79 Å². The first-order valence-electron chi connectivity index (χ1n) is 8.11. The zero-order chi connectivity index (χ0) is 16.9. The van der Waals surface area contributed by atoms with Crippen LogP contribution in [0.2, 0.25) is 0 Å². The highest BCUT2D eigenvalue weighted by Gasteiger charge is 2.19. The van der Waals surface area contributed by atoms with Crippen LogP contribution >= 0.6 is 0 Å². The van der Waals surface area contributed by atoms with Crippen molar-refractivity contribution in [1.82, 2.24) is 19.9 Å². The molecule has 0 saturated heterocycles. The van der Waals surface area contributed by atoms with Crippen molar-refractivity contribution in [1.29, 1.82) is 0 Å². The highest BCUT2D eigenvalue weighted by atomic mass is 16.2. The van der Waals surface area contributed by atoms with E-state index in [1.54, 1.807) is 0 Å². The fraction of sp³-hybridized carbons (Fsp3) is 0.278. The fourth-order valence-corrected chi connectivity index (χ4v) is 2.61. The lowest BCUT2D eigenvalue weighted by atomic mass is 10.1. The third-order valence-electron chi connectivity index (χ3n) is 3.84. The van der Waals surface area contributed by atoms with Gasteiger partial charge in [-0.05, 0) is 37.6 Å². The molecule has 2 N–H and O–H groups in total. The van der Waals surface area contributed by atoms with Gasteiger partial charge in [0.25, 0.3) is 0 Å². The van der Waals surface area contributed by atoms with E-state index in [4.69, 9.17) is 0 Å². The number of pyridine rings is 1. The van der Waals surface area contributed by atoms with E-state index < -0.39 is 0 Å². The number of hydrogen-bond acceptors (Lipinski definition) is 3. The predicted molar refractivity (Wildman–Crippen MR) is 94.0 cm³/mol. The second-order valence-corrected chi connectivity index (χ2v) is 5.79. The van der Waals surface area contributed by atoms with Crippen molar-refractivity contribution in [2.24, 2.45) is 0 Å². The Balaban J connectivity index is 1.76. The fourth-order valence-electron chi connectivity index (χ4n) is 2.61. The number of carbonyl (C=O) groups excluding carboxylic acids is 1. The van der Waals surface area contributed by atoms with Crippen molar-refractivity contribution >= 4 is 17.4 Å². The molecule has 1 atom stereocenters. The summed E-state index contributed by atoms with van der Waals surface area (Å²) in [6, 6.07) is 13.0. The van der Waals surface area contributed by atoms with Gasteiger partial charge in [-0.3, -0.25) is 4.40 Å². The SMILES string of the molecule is CCC[C@@H](NC(=O)Nc1ccc(C)cc1)c1nnc2ccccn12. The lowest BCUT2D eigenvalue weighted by Gasteiger charge is -2.17. The largest absolute Gasteiger partial charge is 0.328 e. The number of anilines is 1. The van der Waals surface area contributed by atoms with Crippen LogP contribution in [0.5, 0.6) is 0 Å². The molecule has 0 aliphatic heterocycles. The van der Waals surface area contributed by atoms with Crippen LogP contribution in [-0.4, -0.2) is 20.6 Å². The number of aryl methyl sites for hydroxylation is 1. The molecule has 0 spiro atoms. The molecule has 0 aliphatic carbocycles. The zero-order valence-corrected chi connectivity index (χ0v) is 13.9. The van der Waals surface area contributed by atoms with Crippen LogP contribution in [0.4, 0.5) is 10.5 Å². The lowest BCUT2D eigenvalue weighted by molar-refractivity contribution is 0.247. The van der Waals surface area contributed by atoms with Crippen molar-refractivity contribution in [2.45, 2.75) is 32.7 Å². The van der Waals surface area contributed by atoms with Gasteiger partial charge in [0.1, 0.15) is 0 Å². The van der Waals surface area contributed by atoms with E-state index in [0.29, 0.717) is 0 Å². The first-order valence-corrected chi connectivity index (χ1v) is 8.11. The molecule has 2 amide bonds. The molecule has 0 aliphatic rings. The standard InChI is InChI=1S/C18H21N5O/c1-3-6-15(17-22-21-16-7-4-5-12-23(16)17)20-18(24)19-14-10-8-13(2)9-11-14/h4-5,7-12,15H,3,6H2,1-2H3,(H2,19,20,24)/t15-/m1/s1. The van der Waals surface area contributed by atoms with Gasteiger partial charge in [0.15, 0.2) is 11.5 Å². The Labute approximate surface area is 140 Å². The van der Waals surface area contributed by atoms with Gasteiger partial charge in [-0.1, -0.05) is 37.1 Å². The zero-order valence-electron chi connectivity index (χ0n) is 13.9. The van der Waals surface area contributed by atoms with Crippen molar-refractivity contribution in [2.75, 3.05) is 5.32 Å². The summed E-state index contributed by atoms with van der Waals surface area (Å²) in [5.74, 6) is 0.742. The van der Waals surface area contributed by atoms with E-state index in [1.165, 1.54) is 0 Å². The van der Waals surface area contributed by atoms with Gasteiger partial charge in [-0.25, -0.2) is 4.79 Å². The summed E-state index contributed by atoms with van der Waals surface area (Å²) in [5.41, 5.74) is 2.69. The smallest absolute Gasteiger partial charge is 0.319 e. The Bertz CT molecular complexity index is 825. The summed E-state index contributed by atoms with van der Waals surface area (Å²) in [6.07, 6.45) is 3.63. The van der Waals surface area contributed by atoms with Crippen LogP contribution in [0.15, 0.2) is 48.7 Å².